The number of ether oxygens (including phenoxy) is 1. The number of urea groups is 1. The molecule has 1 fully saturated rings. The first-order chi connectivity index (χ1) is 15.9. The van der Waals surface area contributed by atoms with Gasteiger partial charge in [0.25, 0.3) is 11.8 Å². The number of amides is 4. The zero-order valence-electron chi connectivity index (χ0n) is 18.5. The number of halogens is 1. The summed E-state index contributed by atoms with van der Waals surface area (Å²) >= 11 is 6.14. The van der Waals surface area contributed by atoms with Crippen LogP contribution in [0.2, 0.25) is 5.02 Å². The highest BCUT2D eigenvalue weighted by Crippen LogP contribution is 2.28. The molecule has 0 atom stereocenters. The second kappa shape index (κ2) is 11.5. The van der Waals surface area contributed by atoms with Crippen LogP contribution in [0.1, 0.15) is 51.0 Å². The van der Waals surface area contributed by atoms with Crippen LogP contribution in [0.3, 0.4) is 0 Å². The van der Waals surface area contributed by atoms with E-state index in [1.807, 2.05) is 0 Å². The van der Waals surface area contributed by atoms with Gasteiger partial charge in [0.2, 0.25) is 0 Å². The predicted octanol–water partition coefficient (Wildman–Crippen LogP) is 5.45. The Bertz CT molecular complexity index is 1050. The minimum absolute atomic E-state index is 0.0125. The summed E-state index contributed by atoms with van der Waals surface area (Å²) in [5, 5.41) is 12.1. The van der Waals surface area contributed by atoms with Gasteiger partial charge < -0.3 is 9.84 Å². The van der Waals surface area contributed by atoms with E-state index >= 15 is 0 Å². The van der Waals surface area contributed by atoms with Crippen LogP contribution >= 0.6 is 11.6 Å². The summed E-state index contributed by atoms with van der Waals surface area (Å²) in [6, 6.07) is 9.63. The highest BCUT2D eigenvalue weighted by Gasteiger charge is 2.37. The van der Waals surface area contributed by atoms with Gasteiger partial charge in [-0.05, 0) is 55.0 Å². The Morgan fingerprint density at radius 1 is 1.00 bits per heavy atom. The van der Waals surface area contributed by atoms with Crippen LogP contribution in [0.25, 0.3) is 6.08 Å². The summed E-state index contributed by atoms with van der Waals surface area (Å²) < 4.78 is 5.90. The SMILES string of the molecule is CCCCCCCCOc1ccc(Cl)cc1C=C1C(=O)NC(=O)N(c2ccc(O)cc2)C1=O. The van der Waals surface area contributed by atoms with Crippen molar-refractivity contribution in [2.45, 2.75) is 45.4 Å². The molecule has 33 heavy (non-hydrogen) atoms. The van der Waals surface area contributed by atoms with Gasteiger partial charge in [0.15, 0.2) is 0 Å². The van der Waals surface area contributed by atoms with Gasteiger partial charge in [-0.2, -0.15) is 0 Å². The first-order valence-corrected chi connectivity index (χ1v) is 11.4. The molecule has 3 rings (SSSR count). The Labute approximate surface area is 198 Å². The van der Waals surface area contributed by atoms with Gasteiger partial charge in [0, 0.05) is 10.6 Å². The molecule has 0 saturated carbocycles. The maximum atomic E-state index is 13.1. The topological polar surface area (TPSA) is 95.9 Å². The van der Waals surface area contributed by atoms with E-state index in [0.29, 0.717) is 22.9 Å². The van der Waals surface area contributed by atoms with Crippen molar-refractivity contribution in [3.05, 3.63) is 58.6 Å². The Balaban J connectivity index is 1.79. The van der Waals surface area contributed by atoms with E-state index < -0.39 is 17.8 Å². The van der Waals surface area contributed by atoms with E-state index in [2.05, 4.69) is 12.2 Å². The number of nitrogens with zero attached hydrogens (tertiary/aromatic N) is 1. The molecule has 4 amide bonds. The largest absolute Gasteiger partial charge is 0.508 e. The Morgan fingerprint density at radius 3 is 2.42 bits per heavy atom. The minimum atomic E-state index is -0.863. The lowest BCUT2D eigenvalue weighted by Gasteiger charge is -2.26. The maximum absolute atomic E-state index is 13.1. The molecular formula is C25H27ClN2O5. The molecule has 1 saturated heterocycles. The summed E-state index contributed by atoms with van der Waals surface area (Å²) in [7, 11) is 0. The van der Waals surface area contributed by atoms with E-state index in [0.717, 1.165) is 24.2 Å². The number of hydrogen-bond donors (Lipinski definition) is 2. The average molecular weight is 471 g/mol. The monoisotopic (exact) mass is 470 g/mol. The van der Waals surface area contributed by atoms with Crippen LogP contribution in [0.5, 0.6) is 11.5 Å². The second-order valence-electron chi connectivity index (χ2n) is 7.77. The van der Waals surface area contributed by atoms with Gasteiger partial charge in [-0.25, -0.2) is 9.69 Å². The van der Waals surface area contributed by atoms with Crippen LogP contribution in [-0.2, 0) is 9.59 Å². The Kier molecular flexibility index (Phi) is 8.49. The van der Waals surface area contributed by atoms with Crippen LogP contribution in [0.15, 0.2) is 48.0 Å². The third-order valence-corrected chi connectivity index (χ3v) is 5.47. The zero-order valence-corrected chi connectivity index (χ0v) is 19.2. The molecule has 1 aliphatic rings. The number of phenols is 1. The van der Waals surface area contributed by atoms with E-state index in [-0.39, 0.29) is 17.0 Å². The van der Waals surface area contributed by atoms with E-state index in [1.54, 1.807) is 18.2 Å². The van der Waals surface area contributed by atoms with Gasteiger partial charge >= 0.3 is 6.03 Å². The van der Waals surface area contributed by atoms with Crippen molar-refractivity contribution in [2.24, 2.45) is 0 Å². The number of unbranched alkanes of at least 4 members (excludes halogenated alkanes) is 5. The third kappa shape index (κ3) is 6.35. The van der Waals surface area contributed by atoms with Crippen molar-refractivity contribution in [3.63, 3.8) is 0 Å². The van der Waals surface area contributed by atoms with Crippen molar-refractivity contribution in [3.8, 4) is 11.5 Å². The zero-order chi connectivity index (χ0) is 23.8. The standard InChI is InChI=1S/C25H27ClN2O5/c1-2-3-4-5-6-7-14-33-22-13-8-18(26)15-17(22)16-21-23(30)27-25(32)28(24(21)31)19-9-11-20(29)12-10-19/h8-13,15-16,29H,2-7,14H2,1H3,(H,27,30,32). The number of nitrogens with one attached hydrogen (secondary N) is 1. The molecule has 7 nitrogen and oxygen atoms in total. The van der Waals surface area contributed by atoms with E-state index in [1.165, 1.54) is 49.6 Å². The van der Waals surface area contributed by atoms with Gasteiger partial charge in [-0.3, -0.25) is 14.9 Å². The molecule has 0 aliphatic carbocycles. The highest BCUT2D eigenvalue weighted by molar-refractivity contribution is 6.39. The smallest absolute Gasteiger partial charge is 0.335 e. The van der Waals surface area contributed by atoms with Crippen molar-refractivity contribution >= 4 is 41.2 Å². The number of rotatable bonds is 10. The summed E-state index contributed by atoms with van der Waals surface area (Å²) in [5.74, 6) is -1.10. The summed E-state index contributed by atoms with van der Waals surface area (Å²) in [5.41, 5.74) is 0.459. The number of phenolic OH excluding ortho intramolecular Hbond substituents is 1. The second-order valence-corrected chi connectivity index (χ2v) is 8.21. The van der Waals surface area contributed by atoms with Crippen molar-refractivity contribution < 1.29 is 24.2 Å². The number of anilines is 1. The number of barbiturate groups is 1. The number of carbonyl (C=O) groups excluding carboxylic acids is 3. The molecule has 2 N–H and O–H groups in total. The van der Waals surface area contributed by atoms with E-state index in [9.17, 15) is 19.5 Å². The third-order valence-electron chi connectivity index (χ3n) is 5.24. The van der Waals surface area contributed by atoms with Crippen LogP contribution in [0, 0.1) is 0 Å². The Hall–Kier alpha value is -3.32. The number of aromatic hydroxyl groups is 1. The molecule has 0 spiro atoms. The molecule has 2 aromatic rings. The minimum Gasteiger partial charge on any atom is -0.508 e. The maximum Gasteiger partial charge on any atom is 0.335 e. The lowest BCUT2D eigenvalue weighted by Crippen LogP contribution is -2.54. The van der Waals surface area contributed by atoms with Crippen LogP contribution in [0.4, 0.5) is 10.5 Å². The van der Waals surface area contributed by atoms with Gasteiger partial charge in [-0.1, -0.05) is 50.6 Å². The molecule has 8 heteroatoms. The van der Waals surface area contributed by atoms with Gasteiger partial charge in [0.05, 0.1) is 12.3 Å². The van der Waals surface area contributed by atoms with Crippen molar-refractivity contribution in [1.29, 1.82) is 0 Å². The molecule has 1 heterocycles. The van der Waals surface area contributed by atoms with Crippen molar-refractivity contribution in [1.82, 2.24) is 5.32 Å². The molecule has 0 unspecified atom stereocenters. The van der Waals surface area contributed by atoms with Crippen molar-refractivity contribution in [2.75, 3.05) is 11.5 Å². The fourth-order valence-electron chi connectivity index (χ4n) is 3.48. The first-order valence-electron chi connectivity index (χ1n) is 11.0. The molecule has 0 bridgehead atoms. The number of carbonyl (C=O) groups is 3. The van der Waals surface area contributed by atoms with Crippen LogP contribution < -0.4 is 15.0 Å². The fourth-order valence-corrected chi connectivity index (χ4v) is 3.66. The number of hydrogen-bond acceptors (Lipinski definition) is 5. The quantitative estimate of drug-likeness (QED) is 0.273. The summed E-state index contributed by atoms with van der Waals surface area (Å²) in [6.45, 7) is 2.68. The highest BCUT2D eigenvalue weighted by atomic mass is 35.5. The Morgan fingerprint density at radius 2 is 1.70 bits per heavy atom. The van der Waals surface area contributed by atoms with Gasteiger partial charge in [0.1, 0.15) is 17.1 Å². The van der Waals surface area contributed by atoms with Crippen LogP contribution in [-0.4, -0.2) is 29.6 Å². The molecular weight excluding hydrogens is 444 g/mol. The molecule has 174 valence electrons. The number of benzene rings is 2. The lowest BCUT2D eigenvalue weighted by molar-refractivity contribution is -0.122. The fraction of sp³-hybridized carbons (Fsp3) is 0.320. The first kappa shape index (κ1) is 24.3. The summed E-state index contributed by atoms with van der Waals surface area (Å²) in [6.07, 6.45) is 8.13. The predicted molar refractivity (Wildman–Crippen MR) is 127 cm³/mol. The lowest BCUT2D eigenvalue weighted by atomic mass is 10.1. The molecule has 1 aliphatic heterocycles. The normalized spacial score (nSPS) is 15.2. The number of imide groups is 2. The summed E-state index contributed by atoms with van der Waals surface area (Å²) in [4.78, 5) is 38.7. The van der Waals surface area contributed by atoms with Gasteiger partial charge in [-0.15, -0.1) is 0 Å². The molecule has 2 aromatic carbocycles. The average Bonchev–Trinajstić information content (AvgIpc) is 2.78. The molecule has 0 radical (unpaired) electrons. The van der Waals surface area contributed by atoms with E-state index in [4.69, 9.17) is 16.3 Å². The molecule has 0 aromatic heterocycles.